The van der Waals surface area contributed by atoms with Crippen molar-refractivity contribution in [1.82, 2.24) is 9.55 Å². The number of rotatable bonds is 7. The molecule has 0 bridgehead atoms. The number of nitrogens with zero attached hydrogens (tertiary/aromatic N) is 1. The molecule has 2 N–H and O–H groups in total. The molecule has 0 aromatic carbocycles. The number of aliphatic hydroxyl groups excluding tert-OH is 1. The van der Waals surface area contributed by atoms with Crippen LogP contribution in [0.15, 0.2) is 21.9 Å². The fourth-order valence-electron chi connectivity index (χ4n) is 4.68. The number of H-pyrrole nitrogens is 1. The monoisotopic (exact) mass is 398 g/mol. The Labute approximate surface area is 161 Å². The van der Waals surface area contributed by atoms with Crippen LogP contribution in [0, 0.1) is 0 Å². The quantitative estimate of drug-likeness (QED) is 0.689. The molecule has 1 unspecified atom stereocenters. The molecule has 1 aromatic heterocycles. The molecule has 4 atom stereocenters. The average molecular weight is 399 g/mol. The molecule has 1 saturated heterocycles. The maximum Gasteiger partial charge on any atom is 0.330 e. The van der Waals surface area contributed by atoms with E-state index in [2.05, 4.69) is 46.5 Å². The van der Waals surface area contributed by atoms with Crippen molar-refractivity contribution in [2.45, 2.75) is 96.1 Å². The van der Waals surface area contributed by atoms with E-state index >= 15 is 0 Å². The highest BCUT2D eigenvalue weighted by Gasteiger charge is 2.53. The fourth-order valence-corrected chi connectivity index (χ4v) is 10.2. The second kappa shape index (κ2) is 8.42. The molecule has 2 heterocycles. The average Bonchev–Trinajstić information content (AvgIpc) is 2.87. The van der Waals surface area contributed by atoms with Gasteiger partial charge in [-0.05, 0) is 23.0 Å². The fraction of sp³-hybridized carbons (Fsp3) is 0.789. The minimum atomic E-state index is -2.31. The first-order chi connectivity index (χ1) is 12.6. The minimum Gasteiger partial charge on any atom is -0.406 e. The Morgan fingerprint density at radius 1 is 1.19 bits per heavy atom. The Balaban J connectivity index is 2.51. The van der Waals surface area contributed by atoms with Gasteiger partial charge in [0, 0.05) is 12.3 Å². The zero-order chi connectivity index (χ0) is 20.5. The number of ether oxygens (including phenoxy) is 1. The standard InChI is InChI=1S/C19H34N2O5Si/c1-8-14-16(23)17(26-27(11(2)3,12(4)5)13(6)7)18(25-14)21-10-9-15(22)20-19(21)24/h9-14,16-18,23H,8H2,1-7H3,(H,20,22,24)/t14-,16?,17+,18-/m1/s1. The van der Waals surface area contributed by atoms with Crippen molar-refractivity contribution < 1.29 is 14.3 Å². The maximum absolute atomic E-state index is 12.3. The Hall–Kier alpha value is -1.22. The van der Waals surface area contributed by atoms with Crippen LogP contribution in [0.2, 0.25) is 16.6 Å². The zero-order valence-electron chi connectivity index (χ0n) is 17.4. The molecule has 1 fully saturated rings. The first-order valence-electron chi connectivity index (χ1n) is 9.89. The first-order valence-corrected chi connectivity index (χ1v) is 12.0. The summed E-state index contributed by atoms with van der Waals surface area (Å²) >= 11 is 0. The summed E-state index contributed by atoms with van der Waals surface area (Å²) < 4.78 is 14.1. The van der Waals surface area contributed by atoms with E-state index in [0.29, 0.717) is 23.0 Å². The normalized spacial score (nSPS) is 26.5. The van der Waals surface area contributed by atoms with Crippen molar-refractivity contribution in [3.05, 3.63) is 33.1 Å². The smallest absolute Gasteiger partial charge is 0.330 e. The van der Waals surface area contributed by atoms with Crippen LogP contribution in [0.25, 0.3) is 0 Å². The van der Waals surface area contributed by atoms with Gasteiger partial charge in [-0.3, -0.25) is 14.3 Å². The molecule has 154 valence electrons. The number of aromatic nitrogens is 2. The molecule has 2 rings (SSSR count). The van der Waals surface area contributed by atoms with Gasteiger partial charge in [-0.2, -0.15) is 0 Å². The van der Waals surface area contributed by atoms with Crippen LogP contribution in [-0.4, -0.2) is 41.3 Å². The van der Waals surface area contributed by atoms with Crippen LogP contribution in [0.5, 0.6) is 0 Å². The van der Waals surface area contributed by atoms with Crippen molar-refractivity contribution >= 4 is 8.32 Å². The minimum absolute atomic E-state index is 0.332. The van der Waals surface area contributed by atoms with Gasteiger partial charge in [0.05, 0.1) is 6.10 Å². The van der Waals surface area contributed by atoms with Crippen molar-refractivity contribution in [3.63, 3.8) is 0 Å². The van der Waals surface area contributed by atoms with Gasteiger partial charge in [0.1, 0.15) is 12.2 Å². The van der Waals surface area contributed by atoms with E-state index in [4.69, 9.17) is 9.16 Å². The third-order valence-electron chi connectivity index (χ3n) is 5.89. The van der Waals surface area contributed by atoms with Crippen molar-refractivity contribution in [3.8, 4) is 0 Å². The Kier molecular flexibility index (Phi) is 6.89. The number of hydrogen-bond acceptors (Lipinski definition) is 5. The van der Waals surface area contributed by atoms with E-state index in [-0.39, 0.29) is 0 Å². The summed E-state index contributed by atoms with van der Waals surface area (Å²) in [6.45, 7) is 15.0. The summed E-state index contributed by atoms with van der Waals surface area (Å²) in [5.74, 6) is 0. The van der Waals surface area contributed by atoms with Gasteiger partial charge in [0.2, 0.25) is 8.32 Å². The molecule has 1 aliphatic heterocycles. The van der Waals surface area contributed by atoms with Gasteiger partial charge in [-0.25, -0.2) is 4.79 Å². The van der Waals surface area contributed by atoms with E-state index in [1.54, 1.807) is 0 Å². The van der Waals surface area contributed by atoms with Gasteiger partial charge in [-0.15, -0.1) is 0 Å². The Morgan fingerprint density at radius 2 is 1.74 bits per heavy atom. The molecule has 8 heteroatoms. The molecule has 1 aromatic rings. The van der Waals surface area contributed by atoms with Crippen LogP contribution >= 0.6 is 0 Å². The first kappa shape index (κ1) is 22.1. The summed E-state index contributed by atoms with van der Waals surface area (Å²) in [5.41, 5.74) is -0.0273. The Morgan fingerprint density at radius 3 is 2.19 bits per heavy atom. The third kappa shape index (κ3) is 3.99. The topological polar surface area (TPSA) is 93.6 Å². The summed E-state index contributed by atoms with van der Waals surface area (Å²) in [5, 5.41) is 10.9. The largest absolute Gasteiger partial charge is 0.406 e. The second-order valence-corrected chi connectivity index (χ2v) is 13.8. The molecule has 0 radical (unpaired) electrons. The van der Waals surface area contributed by atoms with E-state index < -0.39 is 44.1 Å². The molecule has 0 saturated carbocycles. The summed E-state index contributed by atoms with van der Waals surface area (Å²) in [7, 11) is -2.31. The molecular weight excluding hydrogens is 364 g/mol. The summed E-state index contributed by atoms with van der Waals surface area (Å²) in [6.07, 6.45) is -0.653. The van der Waals surface area contributed by atoms with Crippen LogP contribution in [0.4, 0.5) is 0 Å². The zero-order valence-corrected chi connectivity index (χ0v) is 18.4. The van der Waals surface area contributed by atoms with Crippen molar-refractivity contribution in [2.75, 3.05) is 0 Å². The van der Waals surface area contributed by atoms with Crippen molar-refractivity contribution in [1.29, 1.82) is 0 Å². The molecule has 27 heavy (non-hydrogen) atoms. The molecule has 7 nitrogen and oxygen atoms in total. The SMILES string of the molecule is CC[C@H]1O[C@@H](n2ccc(=O)[nH]c2=O)[C@@H](O[Si](C(C)C)(C(C)C)C(C)C)C1O. The predicted molar refractivity (Wildman–Crippen MR) is 107 cm³/mol. The van der Waals surface area contributed by atoms with E-state index in [9.17, 15) is 14.7 Å². The van der Waals surface area contributed by atoms with Gasteiger partial charge in [0.25, 0.3) is 5.56 Å². The summed E-state index contributed by atoms with van der Waals surface area (Å²) in [4.78, 5) is 26.0. The Bertz CT molecular complexity index is 720. The van der Waals surface area contributed by atoms with Gasteiger partial charge in [0.15, 0.2) is 6.23 Å². The lowest BCUT2D eigenvalue weighted by Gasteiger charge is -2.45. The molecule has 1 aliphatic rings. The lowest BCUT2D eigenvalue weighted by molar-refractivity contribution is -0.0380. The highest BCUT2D eigenvalue weighted by atomic mass is 28.4. The van der Waals surface area contributed by atoms with E-state index in [0.717, 1.165) is 0 Å². The third-order valence-corrected chi connectivity index (χ3v) is 12.0. The molecule has 0 amide bonds. The van der Waals surface area contributed by atoms with Gasteiger partial charge >= 0.3 is 5.69 Å². The van der Waals surface area contributed by atoms with Crippen LogP contribution < -0.4 is 11.2 Å². The number of hydrogen-bond donors (Lipinski definition) is 2. The predicted octanol–water partition coefficient (Wildman–Crippen LogP) is 2.77. The van der Waals surface area contributed by atoms with Gasteiger partial charge < -0.3 is 14.3 Å². The number of nitrogens with one attached hydrogen (secondary N) is 1. The lowest BCUT2D eigenvalue weighted by Crippen LogP contribution is -2.53. The summed E-state index contributed by atoms with van der Waals surface area (Å²) in [6, 6.07) is 1.28. The second-order valence-electron chi connectivity index (χ2n) is 8.38. The maximum atomic E-state index is 12.3. The van der Waals surface area contributed by atoms with Gasteiger partial charge in [-0.1, -0.05) is 48.5 Å². The molecule has 0 spiro atoms. The molecular formula is C19H34N2O5Si. The van der Waals surface area contributed by atoms with Crippen molar-refractivity contribution in [2.24, 2.45) is 0 Å². The van der Waals surface area contributed by atoms with E-state index in [1.165, 1.54) is 16.8 Å². The highest BCUT2D eigenvalue weighted by molar-refractivity contribution is 6.77. The van der Waals surface area contributed by atoms with Crippen LogP contribution in [0.1, 0.15) is 61.1 Å². The molecule has 0 aliphatic carbocycles. The van der Waals surface area contributed by atoms with Crippen LogP contribution in [-0.2, 0) is 9.16 Å². The highest BCUT2D eigenvalue weighted by Crippen LogP contribution is 2.46. The lowest BCUT2D eigenvalue weighted by atomic mass is 10.1. The van der Waals surface area contributed by atoms with Crippen LogP contribution in [0.3, 0.4) is 0 Å². The van der Waals surface area contributed by atoms with E-state index in [1.807, 2.05) is 6.92 Å². The number of aromatic amines is 1. The number of aliphatic hydroxyl groups is 1.